The number of likely N-dealkylation sites (N-methyl/N-ethyl adjacent to an activating group) is 1. The summed E-state index contributed by atoms with van der Waals surface area (Å²) >= 11 is 0. The lowest BCUT2D eigenvalue weighted by Crippen LogP contribution is -2.35. The zero-order valence-corrected chi connectivity index (χ0v) is 21.6. The summed E-state index contributed by atoms with van der Waals surface area (Å²) < 4.78 is 16.1. The summed E-state index contributed by atoms with van der Waals surface area (Å²) in [6.07, 6.45) is 1.59. The fourth-order valence-electron chi connectivity index (χ4n) is 2.65. The SMILES string of the molecule is CO[C@@H](C)/C(=C\CNC(=O)OC(C)(C)C)Nc1ccc(CCN(C)C(=O)OC(C)(C)C)cc1. The van der Waals surface area contributed by atoms with Crippen LogP contribution in [0, 0.1) is 0 Å². The van der Waals surface area contributed by atoms with Gasteiger partial charge in [0, 0.05) is 38.6 Å². The molecule has 8 heteroatoms. The molecule has 1 atom stereocenters. The van der Waals surface area contributed by atoms with Crippen LogP contribution in [-0.2, 0) is 20.6 Å². The fraction of sp³-hybridized carbons (Fsp3) is 0.600. The number of alkyl carbamates (subject to hydrolysis) is 1. The number of benzene rings is 1. The molecule has 0 aromatic heterocycles. The van der Waals surface area contributed by atoms with Crippen LogP contribution in [0.4, 0.5) is 15.3 Å². The number of nitrogens with one attached hydrogen (secondary N) is 2. The molecule has 0 fully saturated rings. The second kappa shape index (κ2) is 12.5. The van der Waals surface area contributed by atoms with Crippen molar-refractivity contribution in [1.82, 2.24) is 10.2 Å². The van der Waals surface area contributed by atoms with Crippen molar-refractivity contribution in [2.24, 2.45) is 0 Å². The van der Waals surface area contributed by atoms with Gasteiger partial charge < -0.3 is 29.7 Å². The Morgan fingerprint density at radius 3 is 2.12 bits per heavy atom. The van der Waals surface area contributed by atoms with Gasteiger partial charge in [-0.25, -0.2) is 9.59 Å². The highest BCUT2D eigenvalue weighted by molar-refractivity contribution is 5.68. The summed E-state index contributed by atoms with van der Waals surface area (Å²) in [6.45, 7) is 13.8. The Bertz CT molecular complexity index is 792. The topological polar surface area (TPSA) is 89.1 Å². The fourth-order valence-corrected chi connectivity index (χ4v) is 2.65. The average Bonchev–Trinajstić information content (AvgIpc) is 2.69. The van der Waals surface area contributed by atoms with Crippen molar-refractivity contribution in [3.63, 3.8) is 0 Å². The molecule has 0 bridgehead atoms. The highest BCUT2D eigenvalue weighted by Gasteiger charge is 2.19. The second-order valence-corrected chi connectivity index (χ2v) is 9.89. The molecule has 0 unspecified atom stereocenters. The molecule has 186 valence electrons. The molecule has 0 heterocycles. The Kier molecular flexibility index (Phi) is 10.7. The van der Waals surface area contributed by atoms with Crippen molar-refractivity contribution in [2.45, 2.75) is 72.2 Å². The number of carbonyl (C=O) groups is 2. The van der Waals surface area contributed by atoms with Crippen LogP contribution in [0.1, 0.15) is 54.0 Å². The van der Waals surface area contributed by atoms with Crippen LogP contribution in [0.5, 0.6) is 0 Å². The van der Waals surface area contributed by atoms with E-state index in [4.69, 9.17) is 14.2 Å². The number of methoxy groups -OCH3 is 1. The van der Waals surface area contributed by atoms with Crippen LogP contribution in [0.25, 0.3) is 0 Å². The minimum absolute atomic E-state index is 0.187. The van der Waals surface area contributed by atoms with Crippen molar-refractivity contribution in [1.29, 1.82) is 0 Å². The molecule has 1 aromatic carbocycles. The summed E-state index contributed by atoms with van der Waals surface area (Å²) in [5, 5.41) is 6.07. The molecule has 0 saturated heterocycles. The molecule has 8 nitrogen and oxygen atoms in total. The third kappa shape index (κ3) is 12.2. The Labute approximate surface area is 198 Å². The minimum atomic E-state index is -0.543. The van der Waals surface area contributed by atoms with Crippen LogP contribution in [0.15, 0.2) is 36.0 Å². The van der Waals surface area contributed by atoms with Crippen LogP contribution in [-0.4, -0.2) is 61.6 Å². The molecule has 2 amide bonds. The van der Waals surface area contributed by atoms with E-state index in [-0.39, 0.29) is 12.2 Å². The van der Waals surface area contributed by atoms with E-state index in [9.17, 15) is 9.59 Å². The van der Waals surface area contributed by atoms with E-state index >= 15 is 0 Å². The van der Waals surface area contributed by atoms with Crippen molar-refractivity contribution in [3.05, 3.63) is 41.6 Å². The Hall–Kier alpha value is -2.74. The highest BCUT2D eigenvalue weighted by Crippen LogP contribution is 2.16. The Morgan fingerprint density at radius 1 is 1.03 bits per heavy atom. The first kappa shape index (κ1) is 28.3. The standard InChI is InChI=1S/C25H41N3O5/c1-18(31-9)21(14-16-26-22(29)32-24(2,3)4)27-20-12-10-19(11-13-20)15-17-28(8)23(30)33-25(5,6)7/h10-14,18,27H,15-17H2,1-9H3,(H,26,29)/b21-14+/t18-/m0/s1. The number of rotatable bonds is 9. The maximum atomic E-state index is 12.1. The second-order valence-electron chi connectivity index (χ2n) is 9.89. The van der Waals surface area contributed by atoms with Crippen LogP contribution < -0.4 is 10.6 Å². The lowest BCUT2D eigenvalue weighted by molar-refractivity contribution is 0.0300. The van der Waals surface area contributed by atoms with Gasteiger partial charge in [-0.2, -0.15) is 0 Å². The quantitative estimate of drug-likeness (QED) is 0.539. The lowest BCUT2D eigenvalue weighted by atomic mass is 10.1. The van der Waals surface area contributed by atoms with E-state index in [1.165, 1.54) is 0 Å². The minimum Gasteiger partial charge on any atom is -0.444 e. The molecule has 1 rings (SSSR count). The molecule has 33 heavy (non-hydrogen) atoms. The van der Waals surface area contributed by atoms with Gasteiger partial charge in [-0.1, -0.05) is 12.1 Å². The Morgan fingerprint density at radius 2 is 1.61 bits per heavy atom. The summed E-state index contributed by atoms with van der Waals surface area (Å²) in [5.74, 6) is 0. The van der Waals surface area contributed by atoms with Gasteiger partial charge in [-0.3, -0.25) is 0 Å². The number of ether oxygens (including phenoxy) is 3. The molecule has 0 aliphatic rings. The largest absolute Gasteiger partial charge is 0.444 e. The number of carbonyl (C=O) groups excluding carboxylic acids is 2. The van der Waals surface area contributed by atoms with Crippen molar-refractivity contribution in [2.75, 3.05) is 32.6 Å². The van der Waals surface area contributed by atoms with E-state index in [2.05, 4.69) is 10.6 Å². The first-order chi connectivity index (χ1) is 15.2. The number of anilines is 1. The first-order valence-electron chi connectivity index (χ1n) is 11.2. The molecule has 0 spiro atoms. The van der Waals surface area contributed by atoms with Gasteiger partial charge in [0.1, 0.15) is 11.2 Å². The number of amides is 2. The molecule has 2 N–H and O–H groups in total. The van der Waals surface area contributed by atoms with Gasteiger partial charge in [0.05, 0.1) is 6.10 Å². The smallest absolute Gasteiger partial charge is 0.410 e. The molecular formula is C25H41N3O5. The predicted molar refractivity (Wildman–Crippen MR) is 131 cm³/mol. The first-order valence-corrected chi connectivity index (χ1v) is 11.2. The van der Waals surface area contributed by atoms with Crippen molar-refractivity contribution < 1.29 is 23.8 Å². The number of hydrogen-bond donors (Lipinski definition) is 2. The Balaban J connectivity index is 2.67. The van der Waals surface area contributed by atoms with Crippen molar-refractivity contribution >= 4 is 17.9 Å². The summed E-state index contributed by atoms with van der Waals surface area (Å²) in [5.41, 5.74) is 1.77. The predicted octanol–water partition coefficient (Wildman–Crippen LogP) is 4.95. The number of hydrogen-bond acceptors (Lipinski definition) is 6. The summed E-state index contributed by atoms with van der Waals surface area (Å²) in [4.78, 5) is 25.5. The van der Waals surface area contributed by atoms with E-state index in [1.54, 1.807) is 19.1 Å². The number of nitrogens with zero attached hydrogens (tertiary/aromatic N) is 1. The maximum Gasteiger partial charge on any atom is 0.410 e. The third-order valence-electron chi connectivity index (χ3n) is 4.44. The molecule has 0 radical (unpaired) electrons. The van der Waals surface area contributed by atoms with Gasteiger partial charge in [0.15, 0.2) is 0 Å². The zero-order chi connectivity index (χ0) is 25.2. The van der Waals surface area contributed by atoms with Gasteiger partial charge in [0.2, 0.25) is 0 Å². The van der Waals surface area contributed by atoms with Gasteiger partial charge in [0.25, 0.3) is 0 Å². The van der Waals surface area contributed by atoms with E-state index < -0.39 is 17.3 Å². The molecule has 0 aliphatic carbocycles. The normalized spacial score (nSPS) is 13.2. The molecule has 0 saturated carbocycles. The van der Waals surface area contributed by atoms with E-state index in [0.717, 1.165) is 16.9 Å². The van der Waals surface area contributed by atoms with E-state index in [1.807, 2.05) is 78.8 Å². The highest BCUT2D eigenvalue weighted by atomic mass is 16.6. The van der Waals surface area contributed by atoms with Gasteiger partial charge in [-0.15, -0.1) is 0 Å². The molecule has 1 aromatic rings. The zero-order valence-electron chi connectivity index (χ0n) is 21.6. The van der Waals surface area contributed by atoms with E-state index in [0.29, 0.717) is 19.5 Å². The molecule has 0 aliphatic heterocycles. The van der Waals surface area contributed by atoms with Crippen LogP contribution in [0.3, 0.4) is 0 Å². The molecular weight excluding hydrogens is 422 g/mol. The van der Waals surface area contributed by atoms with Crippen LogP contribution in [0.2, 0.25) is 0 Å². The summed E-state index contributed by atoms with van der Waals surface area (Å²) in [7, 11) is 3.37. The van der Waals surface area contributed by atoms with Crippen LogP contribution >= 0.6 is 0 Å². The average molecular weight is 464 g/mol. The van der Waals surface area contributed by atoms with Crippen molar-refractivity contribution in [3.8, 4) is 0 Å². The monoisotopic (exact) mass is 463 g/mol. The summed E-state index contributed by atoms with van der Waals surface area (Å²) in [6, 6.07) is 7.97. The maximum absolute atomic E-state index is 12.1. The van der Waals surface area contributed by atoms with Gasteiger partial charge >= 0.3 is 12.2 Å². The third-order valence-corrected chi connectivity index (χ3v) is 4.44. The lowest BCUT2D eigenvalue weighted by Gasteiger charge is -2.24. The van der Waals surface area contributed by atoms with Gasteiger partial charge in [-0.05, 0) is 78.7 Å².